The van der Waals surface area contributed by atoms with Gasteiger partial charge < -0.3 is 5.11 Å². The van der Waals surface area contributed by atoms with E-state index in [1.165, 1.54) is 17.5 Å². The van der Waals surface area contributed by atoms with E-state index in [0.29, 0.717) is 15.7 Å². The van der Waals surface area contributed by atoms with Crippen LogP contribution < -0.4 is 5.46 Å². The van der Waals surface area contributed by atoms with Gasteiger partial charge in [-0.3, -0.25) is 0 Å². The minimum absolute atomic E-state index is 0.264. The summed E-state index contributed by atoms with van der Waals surface area (Å²) < 4.78 is 0. The van der Waals surface area contributed by atoms with Gasteiger partial charge in [0, 0.05) is 17.0 Å². The van der Waals surface area contributed by atoms with E-state index >= 15 is 0 Å². The van der Waals surface area contributed by atoms with Crippen LogP contribution in [0.4, 0.5) is 0 Å². The van der Waals surface area contributed by atoms with Crippen LogP contribution >= 0.6 is 11.3 Å². The fourth-order valence-corrected chi connectivity index (χ4v) is 1.97. The largest absolute Gasteiger partial charge is 0.478 e. The minimum atomic E-state index is -0.946. The van der Waals surface area contributed by atoms with E-state index < -0.39 is 5.97 Å². The first kappa shape index (κ1) is 8.25. The predicted octanol–water partition coefficient (Wildman–Crippen LogP) is 0.788. The topological polar surface area (TPSA) is 50.2 Å². The smallest absolute Gasteiger partial charge is 0.337 e. The molecule has 2 radical (unpaired) electrons. The van der Waals surface area contributed by atoms with Crippen molar-refractivity contribution in [1.82, 2.24) is 4.98 Å². The lowest BCUT2D eigenvalue weighted by Gasteiger charge is -1.93. The molecular formula is C8H4BNO2S. The highest BCUT2D eigenvalue weighted by atomic mass is 32.1. The zero-order valence-corrected chi connectivity index (χ0v) is 7.34. The number of aromatic nitrogens is 1. The third-order valence-corrected chi connectivity index (χ3v) is 2.58. The predicted molar refractivity (Wildman–Crippen MR) is 52.0 cm³/mol. The third-order valence-electron chi connectivity index (χ3n) is 1.68. The van der Waals surface area contributed by atoms with Crippen molar-refractivity contribution in [3.8, 4) is 0 Å². The highest BCUT2D eigenvalue weighted by molar-refractivity contribution is 7.17. The summed E-state index contributed by atoms with van der Waals surface area (Å²) in [5.41, 5.74) is 0.744. The second-order valence-corrected chi connectivity index (χ2v) is 3.43. The van der Waals surface area contributed by atoms with Gasteiger partial charge in [-0.25, -0.2) is 9.78 Å². The summed E-state index contributed by atoms with van der Waals surface area (Å²) in [4.78, 5) is 15.4. The Morgan fingerprint density at radius 3 is 3.08 bits per heavy atom. The molecule has 5 heteroatoms. The number of carbonyl (C=O) groups is 1. The Kier molecular flexibility index (Phi) is 1.81. The van der Waals surface area contributed by atoms with E-state index in [4.69, 9.17) is 13.0 Å². The number of rotatable bonds is 1. The molecule has 0 fully saturated rings. The Morgan fingerprint density at radius 2 is 2.38 bits per heavy atom. The molecule has 1 N–H and O–H groups in total. The highest BCUT2D eigenvalue weighted by Gasteiger charge is 2.10. The maximum atomic E-state index is 10.7. The number of carboxylic acids is 1. The van der Waals surface area contributed by atoms with Gasteiger partial charge >= 0.3 is 5.97 Å². The quantitative estimate of drug-likeness (QED) is 0.674. The molecule has 0 unspecified atom stereocenters. The van der Waals surface area contributed by atoms with Gasteiger partial charge in [0.2, 0.25) is 0 Å². The van der Waals surface area contributed by atoms with Gasteiger partial charge in [0.25, 0.3) is 0 Å². The number of nitrogens with zero attached hydrogens (tertiary/aromatic N) is 1. The van der Waals surface area contributed by atoms with E-state index in [-0.39, 0.29) is 5.56 Å². The van der Waals surface area contributed by atoms with Crippen molar-refractivity contribution >= 4 is 40.8 Å². The van der Waals surface area contributed by atoms with Gasteiger partial charge in [-0.1, -0.05) is 11.5 Å². The van der Waals surface area contributed by atoms with Crippen molar-refractivity contribution in [3.63, 3.8) is 0 Å². The molecule has 3 nitrogen and oxygen atoms in total. The molecule has 0 aliphatic carbocycles. The molecular weight excluding hydrogens is 185 g/mol. The van der Waals surface area contributed by atoms with Gasteiger partial charge in [-0.2, -0.15) is 0 Å². The van der Waals surface area contributed by atoms with E-state index in [1.807, 2.05) is 0 Å². The normalized spacial score (nSPS) is 10.5. The number of hydrogen-bond acceptors (Lipinski definition) is 3. The number of hydrogen-bond donors (Lipinski definition) is 1. The van der Waals surface area contributed by atoms with Gasteiger partial charge in [0.1, 0.15) is 12.7 Å². The van der Waals surface area contributed by atoms with E-state index in [0.717, 1.165) is 0 Å². The van der Waals surface area contributed by atoms with Crippen LogP contribution in [0.15, 0.2) is 17.6 Å². The molecule has 2 aromatic rings. The number of thiophene rings is 1. The maximum Gasteiger partial charge on any atom is 0.337 e. The first-order chi connectivity index (χ1) is 6.18. The zero-order chi connectivity index (χ0) is 9.42. The van der Waals surface area contributed by atoms with E-state index in [1.54, 1.807) is 11.4 Å². The Bertz CT molecular complexity index is 480. The van der Waals surface area contributed by atoms with Crippen LogP contribution in [0.3, 0.4) is 0 Å². The van der Waals surface area contributed by atoms with Crippen molar-refractivity contribution in [2.45, 2.75) is 0 Å². The molecule has 0 spiro atoms. The lowest BCUT2D eigenvalue weighted by Crippen LogP contribution is -2.03. The van der Waals surface area contributed by atoms with Crippen molar-refractivity contribution in [1.29, 1.82) is 0 Å². The number of pyridine rings is 1. The molecule has 2 heterocycles. The van der Waals surface area contributed by atoms with Crippen molar-refractivity contribution in [2.24, 2.45) is 0 Å². The summed E-state index contributed by atoms with van der Waals surface area (Å²) in [5.74, 6) is -0.946. The molecule has 0 atom stereocenters. The van der Waals surface area contributed by atoms with E-state index in [2.05, 4.69) is 4.98 Å². The molecule has 0 aliphatic heterocycles. The van der Waals surface area contributed by atoms with Crippen LogP contribution in [-0.4, -0.2) is 23.9 Å². The average molecular weight is 189 g/mol. The summed E-state index contributed by atoms with van der Waals surface area (Å²) in [6.45, 7) is 0. The monoisotopic (exact) mass is 189 g/mol. The molecule has 13 heavy (non-hydrogen) atoms. The van der Waals surface area contributed by atoms with Crippen LogP contribution in [0.1, 0.15) is 10.4 Å². The SMILES string of the molecule is [B]c1cnc2scc(C(=O)O)c2c1. The fraction of sp³-hybridized carbons (Fsp3) is 0. The second kappa shape index (κ2) is 2.85. The van der Waals surface area contributed by atoms with Crippen molar-refractivity contribution in [2.75, 3.05) is 0 Å². The molecule has 0 bridgehead atoms. The van der Waals surface area contributed by atoms with Crippen LogP contribution in [0.25, 0.3) is 10.2 Å². The Morgan fingerprint density at radius 1 is 1.62 bits per heavy atom. The molecule has 0 aromatic carbocycles. The molecule has 0 amide bonds. The fourth-order valence-electron chi connectivity index (χ4n) is 1.10. The molecule has 0 saturated carbocycles. The Hall–Kier alpha value is -1.36. The first-order valence-corrected chi connectivity index (χ1v) is 4.42. The first-order valence-electron chi connectivity index (χ1n) is 3.54. The molecule has 0 saturated heterocycles. The highest BCUT2D eigenvalue weighted by Crippen LogP contribution is 2.22. The van der Waals surface area contributed by atoms with Crippen LogP contribution in [0.2, 0.25) is 0 Å². The summed E-state index contributed by atoms with van der Waals surface area (Å²) in [6, 6.07) is 1.63. The second-order valence-electron chi connectivity index (χ2n) is 2.58. The summed E-state index contributed by atoms with van der Waals surface area (Å²) in [7, 11) is 5.50. The molecule has 2 aromatic heterocycles. The zero-order valence-electron chi connectivity index (χ0n) is 6.52. The summed E-state index contributed by atoms with van der Waals surface area (Å²) >= 11 is 1.30. The number of carboxylic acid groups (broad SMARTS) is 1. The maximum absolute atomic E-state index is 10.7. The van der Waals surface area contributed by atoms with Gasteiger partial charge in [-0.15, -0.1) is 11.3 Å². The van der Waals surface area contributed by atoms with Crippen molar-refractivity contribution < 1.29 is 9.90 Å². The number of fused-ring (bicyclic) bond motifs is 1. The minimum Gasteiger partial charge on any atom is -0.478 e. The summed E-state index contributed by atoms with van der Waals surface area (Å²) in [6.07, 6.45) is 1.52. The van der Waals surface area contributed by atoms with Gasteiger partial charge in [0.15, 0.2) is 0 Å². The van der Waals surface area contributed by atoms with Crippen molar-refractivity contribution in [3.05, 3.63) is 23.2 Å². The lowest BCUT2D eigenvalue weighted by atomic mass is 9.97. The Balaban J connectivity index is 2.79. The van der Waals surface area contributed by atoms with Gasteiger partial charge in [-0.05, 0) is 0 Å². The summed E-state index contributed by atoms with van der Waals surface area (Å²) in [5, 5.41) is 11.0. The molecule has 2 rings (SSSR count). The van der Waals surface area contributed by atoms with Crippen LogP contribution in [-0.2, 0) is 0 Å². The third kappa shape index (κ3) is 1.31. The van der Waals surface area contributed by atoms with E-state index in [9.17, 15) is 4.79 Å². The molecule has 0 aliphatic rings. The number of aromatic carboxylic acids is 1. The van der Waals surface area contributed by atoms with Gasteiger partial charge in [0.05, 0.1) is 5.56 Å². The molecule has 62 valence electrons. The lowest BCUT2D eigenvalue weighted by molar-refractivity contribution is 0.0699. The van der Waals surface area contributed by atoms with Crippen LogP contribution in [0.5, 0.6) is 0 Å². The standard InChI is InChI=1S/C8H4BNO2S/c9-4-1-5-6(8(11)12)3-13-7(5)10-2-4/h1-3H,(H,11,12). The van der Waals surface area contributed by atoms with Crippen LogP contribution in [0, 0.1) is 0 Å². The Labute approximate surface area is 79.4 Å². The average Bonchev–Trinajstić information content (AvgIpc) is 2.46.